The van der Waals surface area contributed by atoms with Crippen LogP contribution in [0.5, 0.6) is 5.75 Å². The summed E-state index contributed by atoms with van der Waals surface area (Å²) in [7, 11) is 1.69. The highest BCUT2D eigenvalue weighted by atomic mass is 16.5. The number of carbonyl (C=O) groups excluding carboxylic acids is 2. The topological polar surface area (TPSA) is 71.5 Å². The highest BCUT2D eigenvalue weighted by Crippen LogP contribution is 2.31. The zero-order chi connectivity index (χ0) is 16.2. The van der Waals surface area contributed by atoms with Crippen LogP contribution in [0, 0.1) is 0 Å². The molecule has 1 aliphatic heterocycles. The summed E-state index contributed by atoms with van der Waals surface area (Å²) < 4.78 is 5.55. The van der Waals surface area contributed by atoms with Crippen molar-refractivity contribution < 1.29 is 14.3 Å². The maximum Gasteiger partial charge on any atom is 0.251 e. The third-order valence-corrected chi connectivity index (χ3v) is 3.69. The van der Waals surface area contributed by atoms with Gasteiger partial charge in [-0.2, -0.15) is 0 Å². The Kier molecular flexibility index (Phi) is 4.23. The molecule has 0 atom stereocenters. The molecule has 1 aliphatic rings. The van der Waals surface area contributed by atoms with E-state index < -0.39 is 0 Å². The third-order valence-electron chi connectivity index (χ3n) is 3.69. The Morgan fingerprint density at radius 3 is 3.00 bits per heavy atom. The first-order valence-electron chi connectivity index (χ1n) is 7.36. The van der Waals surface area contributed by atoms with Crippen molar-refractivity contribution in [3.05, 3.63) is 53.9 Å². The lowest BCUT2D eigenvalue weighted by molar-refractivity contribution is -0.118. The molecule has 1 N–H and O–H groups in total. The Morgan fingerprint density at radius 2 is 2.22 bits per heavy atom. The number of anilines is 1. The van der Waals surface area contributed by atoms with Crippen molar-refractivity contribution in [2.45, 2.75) is 13.0 Å². The molecule has 0 saturated carbocycles. The number of hydrogen-bond donors (Lipinski definition) is 1. The molecule has 6 heteroatoms. The standard InChI is InChI=1S/C17H17N3O3/c1-20-14-10-12(5-6-15(14)23-9-7-16(20)21)17(22)19-11-13-4-2-3-8-18-13/h2-6,8,10H,7,9,11H2,1H3,(H,19,22). The summed E-state index contributed by atoms with van der Waals surface area (Å²) in [6, 6.07) is 10.6. The average Bonchev–Trinajstić information content (AvgIpc) is 2.73. The first kappa shape index (κ1) is 15.0. The van der Waals surface area contributed by atoms with Crippen LogP contribution in [0.2, 0.25) is 0 Å². The van der Waals surface area contributed by atoms with Crippen LogP contribution in [-0.4, -0.2) is 30.5 Å². The third kappa shape index (κ3) is 3.31. The lowest BCUT2D eigenvalue weighted by Crippen LogP contribution is -2.26. The lowest BCUT2D eigenvalue weighted by atomic mass is 10.1. The maximum atomic E-state index is 12.3. The minimum atomic E-state index is -0.219. The quantitative estimate of drug-likeness (QED) is 0.937. The SMILES string of the molecule is CN1C(=O)CCOc2ccc(C(=O)NCc3ccccn3)cc21. The Balaban J connectivity index is 1.77. The molecule has 0 unspecified atom stereocenters. The number of nitrogens with one attached hydrogen (secondary N) is 1. The molecule has 0 radical (unpaired) electrons. The molecule has 2 heterocycles. The molecular weight excluding hydrogens is 294 g/mol. The normalized spacial score (nSPS) is 13.8. The van der Waals surface area contributed by atoms with Gasteiger partial charge in [-0.15, -0.1) is 0 Å². The monoisotopic (exact) mass is 311 g/mol. The van der Waals surface area contributed by atoms with Crippen LogP contribution < -0.4 is 15.0 Å². The van der Waals surface area contributed by atoms with E-state index in [1.54, 1.807) is 31.4 Å². The smallest absolute Gasteiger partial charge is 0.251 e. The van der Waals surface area contributed by atoms with Crippen molar-refractivity contribution in [1.82, 2.24) is 10.3 Å². The number of hydrogen-bond acceptors (Lipinski definition) is 4. The number of carbonyl (C=O) groups is 2. The maximum absolute atomic E-state index is 12.3. The summed E-state index contributed by atoms with van der Waals surface area (Å²) in [4.78, 5) is 29.9. The Hall–Kier alpha value is -2.89. The average molecular weight is 311 g/mol. The Morgan fingerprint density at radius 1 is 1.35 bits per heavy atom. The fraction of sp³-hybridized carbons (Fsp3) is 0.235. The first-order valence-corrected chi connectivity index (χ1v) is 7.36. The molecule has 3 rings (SSSR count). The number of nitrogens with zero attached hydrogens (tertiary/aromatic N) is 2. The number of aromatic nitrogens is 1. The molecule has 2 amide bonds. The van der Waals surface area contributed by atoms with Crippen LogP contribution in [0.3, 0.4) is 0 Å². The minimum Gasteiger partial charge on any atom is -0.491 e. The van der Waals surface area contributed by atoms with E-state index in [1.165, 1.54) is 4.90 Å². The second-order valence-corrected chi connectivity index (χ2v) is 5.24. The largest absolute Gasteiger partial charge is 0.491 e. The van der Waals surface area contributed by atoms with Crippen LogP contribution in [0.15, 0.2) is 42.6 Å². The minimum absolute atomic E-state index is 0.0326. The van der Waals surface area contributed by atoms with E-state index in [1.807, 2.05) is 18.2 Å². The van der Waals surface area contributed by atoms with Crippen LogP contribution in [-0.2, 0) is 11.3 Å². The predicted molar refractivity (Wildman–Crippen MR) is 85.4 cm³/mol. The zero-order valence-corrected chi connectivity index (χ0v) is 12.8. The van der Waals surface area contributed by atoms with E-state index in [0.717, 1.165) is 5.69 Å². The van der Waals surface area contributed by atoms with Gasteiger partial charge in [-0.3, -0.25) is 14.6 Å². The molecule has 0 fully saturated rings. The van der Waals surface area contributed by atoms with Gasteiger partial charge >= 0.3 is 0 Å². The molecule has 0 aliphatic carbocycles. The fourth-order valence-corrected chi connectivity index (χ4v) is 2.37. The van der Waals surface area contributed by atoms with Gasteiger partial charge in [0.05, 0.1) is 31.0 Å². The second-order valence-electron chi connectivity index (χ2n) is 5.24. The van der Waals surface area contributed by atoms with Crippen molar-refractivity contribution in [3.63, 3.8) is 0 Å². The Labute approximate surface area is 134 Å². The molecule has 6 nitrogen and oxygen atoms in total. The molecule has 118 valence electrons. The van der Waals surface area contributed by atoms with Gasteiger partial charge in [0.15, 0.2) is 0 Å². The van der Waals surface area contributed by atoms with Crippen LogP contribution in [0.25, 0.3) is 0 Å². The predicted octanol–water partition coefficient (Wildman–Crippen LogP) is 1.76. The van der Waals surface area contributed by atoms with Gasteiger partial charge < -0.3 is 15.0 Å². The first-order chi connectivity index (χ1) is 11.1. The summed E-state index contributed by atoms with van der Waals surface area (Å²) in [5.41, 5.74) is 1.87. The van der Waals surface area contributed by atoms with Crippen LogP contribution in [0.1, 0.15) is 22.5 Å². The van der Waals surface area contributed by atoms with Crippen molar-refractivity contribution in [1.29, 1.82) is 0 Å². The molecule has 2 aromatic rings. The van der Waals surface area contributed by atoms with Crippen molar-refractivity contribution in [3.8, 4) is 5.75 Å². The van der Waals surface area contributed by atoms with Crippen LogP contribution in [0.4, 0.5) is 5.69 Å². The molecular formula is C17H17N3O3. The molecule has 1 aromatic carbocycles. The Bertz CT molecular complexity index is 731. The number of ether oxygens (including phenoxy) is 1. The highest BCUT2D eigenvalue weighted by molar-refractivity contribution is 5.99. The van der Waals surface area contributed by atoms with Gasteiger partial charge in [-0.25, -0.2) is 0 Å². The van der Waals surface area contributed by atoms with E-state index in [9.17, 15) is 9.59 Å². The fourth-order valence-electron chi connectivity index (χ4n) is 2.37. The van der Waals surface area contributed by atoms with Gasteiger partial charge in [-0.05, 0) is 30.3 Å². The van der Waals surface area contributed by atoms with E-state index in [0.29, 0.717) is 36.6 Å². The number of rotatable bonds is 3. The highest BCUT2D eigenvalue weighted by Gasteiger charge is 2.21. The van der Waals surface area contributed by atoms with Crippen LogP contribution >= 0.6 is 0 Å². The number of benzene rings is 1. The van der Waals surface area contributed by atoms with E-state index in [-0.39, 0.29) is 11.8 Å². The van der Waals surface area contributed by atoms with Crippen molar-refractivity contribution >= 4 is 17.5 Å². The molecule has 23 heavy (non-hydrogen) atoms. The van der Waals surface area contributed by atoms with Gasteiger partial charge in [0.25, 0.3) is 5.91 Å². The summed E-state index contributed by atoms with van der Waals surface area (Å²) in [5, 5.41) is 2.82. The number of fused-ring (bicyclic) bond motifs is 1. The lowest BCUT2D eigenvalue weighted by Gasteiger charge is -2.17. The molecule has 0 spiro atoms. The second kappa shape index (κ2) is 6.48. The molecule has 0 saturated heterocycles. The van der Waals surface area contributed by atoms with Gasteiger partial charge in [0.1, 0.15) is 5.75 Å². The number of pyridine rings is 1. The van der Waals surface area contributed by atoms with Gasteiger partial charge in [0, 0.05) is 18.8 Å². The summed E-state index contributed by atoms with van der Waals surface area (Å²) >= 11 is 0. The molecule has 0 bridgehead atoms. The van der Waals surface area contributed by atoms with E-state index in [2.05, 4.69) is 10.3 Å². The van der Waals surface area contributed by atoms with Gasteiger partial charge in [0.2, 0.25) is 5.91 Å². The van der Waals surface area contributed by atoms with E-state index in [4.69, 9.17) is 4.74 Å². The van der Waals surface area contributed by atoms with Crippen molar-refractivity contribution in [2.24, 2.45) is 0 Å². The van der Waals surface area contributed by atoms with Crippen molar-refractivity contribution in [2.75, 3.05) is 18.6 Å². The number of amides is 2. The summed E-state index contributed by atoms with van der Waals surface area (Å²) in [6.07, 6.45) is 2.01. The van der Waals surface area contributed by atoms with E-state index >= 15 is 0 Å². The summed E-state index contributed by atoms with van der Waals surface area (Å²) in [6.45, 7) is 0.698. The van der Waals surface area contributed by atoms with Gasteiger partial charge in [-0.1, -0.05) is 6.07 Å². The molecule has 1 aromatic heterocycles. The summed E-state index contributed by atoms with van der Waals surface area (Å²) in [5.74, 6) is 0.359. The zero-order valence-electron chi connectivity index (χ0n) is 12.8.